The fourth-order valence-corrected chi connectivity index (χ4v) is 2.86. The van der Waals surface area contributed by atoms with Gasteiger partial charge in [-0.05, 0) is 37.3 Å². The second kappa shape index (κ2) is 6.24. The Morgan fingerprint density at radius 1 is 1.14 bits per heavy atom. The van der Waals surface area contributed by atoms with Crippen molar-refractivity contribution in [2.75, 3.05) is 19.4 Å². The summed E-state index contributed by atoms with van der Waals surface area (Å²) in [5, 5.41) is 3.26. The molecule has 1 aromatic heterocycles. The molecule has 0 saturated heterocycles. The zero-order valence-electron chi connectivity index (χ0n) is 12.3. The zero-order valence-corrected chi connectivity index (χ0v) is 13.1. The Kier molecular flexibility index (Phi) is 4.59. The Hall–Kier alpha value is -1.92. The first-order valence-electron chi connectivity index (χ1n) is 6.61. The molecule has 2 rings (SSSR count). The van der Waals surface area contributed by atoms with Crippen LogP contribution in [-0.2, 0) is 10.0 Å². The van der Waals surface area contributed by atoms with Gasteiger partial charge in [-0.15, -0.1) is 0 Å². The molecule has 5 nitrogen and oxygen atoms in total. The van der Waals surface area contributed by atoms with Crippen LogP contribution in [0.5, 0.6) is 0 Å². The predicted octanol–water partition coefficient (Wildman–Crippen LogP) is 2.51. The van der Waals surface area contributed by atoms with Crippen molar-refractivity contribution in [3.63, 3.8) is 0 Å². The van der Waals surface area contributed by atoms with Crippen molar-refractivity contribution in [3.05, 3.63) is 54.4 Å². The summed E-state index contributed by atoms with van der Waals surface area (Å²) in [6, 6.07) is 12.5. The Morgan fingerprint density at radius 3 is 2.52 bits per heavy atom. The van der Waals surface area contributed by atoms with Gasteiger partial charge in [0.2, 0.25) is 10.0 Å². The predicted molar refractivity (Wildman–Crippen MR) is 83.6 cm³/mol. The molecule has 0 spiro atoms. The number of nitrogens with zero attached hydrogens (tertiary/aromatic N) is 2. The molecule has 0 fully saturated rings. The summed E-state index contributed by atoms with van der Waals surface area (Å²) >= 11 is 0. The van der Waals surface area contributed by atoms with E-state index < -0.39 is 10.0 Å². The number of benzene rings is 1. The van der Waals surface area contributed by atoms with Crippen LogP contribution in [0, 0.1) is 0 Å². The zero-order chi connectivity index (χ0) is 15.5. The molecule has 0 aliphatic heterocycles. The van der Waals surface area contributed by atoms with Crippen LogP contribution in [0.4, 0.5) is 5.69 Å². The van der Waals surface area contributed by atoms with Crippen molar-refractivity contribution >= 4 is 15.7 Å². The molecule has 2 aromatic rings. The summed E-state index contributed by atoms with van der Waals surface area (Å²) in [6.45, 7) is 1.98. The summed E-state index contributed by atoms with van der Waals surface area (Å²) < 4.78 is 25.5. The highest BCUT2D eigenvalue weighted by atomic mass is 32.2. The second-order valence-electron chi connectivity index (χ2n) is 4.94. The van der Waals surface area contributed by atoms with Crippen molar-refractivity contribution in [3.8, 4) is 0 Å². The van der Waals surface area contributed by atoms with Crippen molar-refractivity contribution < 1.29 is 8.42 Å². The van der Waals surface area contributed by atoms with Crippen LogP contribution >= 0.6 is 0 Å². The summed E-state index contributed by atoms with van der Waals surface area (Å²) in [7, 11) is -0.383. The second-order valence-corrected chi connectivity index (χ2v) is 7.09. The van der Waals surface area contributed by atoms with Crippen LogP contribution in [0.15, 0.2) is 53.6 Å². The minimum atomic E-state index is -3.42. The van der Waals surface area contributed by atoms with Crippen molar-refractivity contribution in [1.29, 1.82) is 0 Å². The highest BCUT2D eigenvalue weighted by Gasteiger charge is 2.17. The maximum Gasteiger partial charge on any atom is 0.242 e. The molecule has 1 N–H and O–H groups in total. The molecule has 6 heteroatoms. The topological polar surface area (TPSA) is 62.3 Å². The fraction of sp³-hybridized carbons (Fsp3) is 0.267. The standard InChI is InChI=1S/C15H19N3O2S/c1-12(15-9-4-5-10-16-15)17-13-7-6-8-14(11-13)21(19,20)18(2)3/h4-12,17H,1-3H3. The van der Waals surface area contributed by atoms with E-state index in [2.05, 4.69) is 10.3 Å². The molecular weight excluding hydrogens is 286 g/mol. The minimum absolute atomic E-state index is 0.0106. The number of nitrogens with one attached hydrogen (secondary N) is 1. The minimum Gasteiger partial charge on any atom is -0.377 e. The van der Waals surface area contributed by atoms with Gasteiger partial charge in [-0.1, -0.05) is 12.1 Å². The summed E-state index contributed by atoms with van der Waals surface area (Å²) in [5.74, 6) is 0. The Bertz CT molecular complexity index is 700. The molecule has 1 aromatic carbocycles. The molecule has 1 atom stereocenters. The lowest BCUT2D eigenvalue weighted by Gasteiger charge is -2.16. The maximum absolute atomic E-state index is 12.1. The number of aromatic nitrogens is 1. The third-order valence-corrected chi connectivity index (χ3v) is 4.94. The maximum atomic E-state index is 12.1. The largest absolute Gasteiger partial charge is 0.377 e. The number of hydrogen-bond acceptors (Lipinski definition) is 4. The fourth-order valence-electron chi connectivity index (χ4n) is 1.91. The summed E-state index contributed by atoms with van der Waals surface area (Å²) in [6.07, 6.45) is 1.74. The van der Waals surface area contributed by atoms with Crippen LogP contribution < -0.4 is 5.32 Å². The lowest BCUT2D eigenvalue weighted by molar-refractivity contribution is 0.521. The van der Waals surface area contributed by atoms with Gasteiger partial charge in [0.05, 0.1) is 16.6 Å². The van der Waals surface area contributed by atoms with E-state index in [1.807, 2.05) is 31.2 Å². The van der Waals surface area contributed by atoms with Crippen LogP contribution in [0.1, 0.15) is 18.7 Å². The highest BCUT2D eigenvalue weighted by Crippen LogP contribution is 2.21. The molecule has 0 aliphatic carbocycles. The number of anilines is 1. The molecule has 0 bridgehead atoms. The summed E-state index contributed by atoms with van der Waals surface area (Å²) in [4.78, 5) is 4.55. The Balaban J connectivity index is 2.23. The van der Waals surface area contributed by atoms with E-state index in [4.69, 9.17) is 0 Å². The van der Waals surface area contributed by atoms with Crippen molar-refractivity contribution in [2.24, 2.45) is 0 Å². The quantitative estimate of drug-likeness (QED) is 0.922. The lowest BCUT2D eigenvalue weighted by atomic mass is 10.2. The number of hydrogen-bond donors (Lipinski definition) is 1. The van der Waals surface area contributed by atoms with E-state index in [0.717, 1.165) is 11.4 Å². The highest BCUT2D eigenvalue weighted by molar-refractivity contribution is 7.89. The first-order valence-corrected chi connectivity index (χ1v) is 8.05. The lowest BCUT2D eigenvalue weighted by Crippen LogP contribution is -2.22. The summed E-state index contributed by atoms with van der Waals surface area (Å²) in [5.41, 5.74) is 1.65. The molecule has 0 saturated carbocycles. The Morgan fingerprint density at radius 2 is 1.90 bits per heavy atom. The van der Waals surface area contributed by atoms with Crippen LogP contribution in [0.3, 0.4) is 0 Å². The van der Waals surface area contributed by atoms with Crippen molar-refractivity contribution in [1.82, 2.24) is 9.29 Å². The van der Waals surface area contributed by atoms with Crippen LogP contribution in [0.25, 0.3) is 0 Å². The van der Waals surface area contributed by atoms with Gasteiger partial charge in [0.25, 0.3) is 0 Å². The van der Waals surface area contributed by atoms with Gasteiger partial charge in [0.1, 0.15) is 0 Å². The number of sulfonamides is 1. The molecule has 1 heterocycles. The smallest absolute Gasteiger partial charge is 0.242 e. The molecule has 0 aliphatic rings. The van der Waals surface area contributed by atoms with Gasteiger partial charge in [-0.3, -0.25) is 4.98 Å². The van der Waals surface area contributed by atoms with E-state index in [-0.39, 0.29) is 10.9 Å². The van der Waals surface area contributed by atoms with Gasteiger partial charge >= 0.3 is 0 Å². The Labute approximate surface area is 125 Å². The first-order chi connectivity index (χ1) is 9.91. The van der Waals surface area contributed by atoms with Gasteiger partial charge < -0.3 is 5.32 Å². The van der Waals surface area contributed by atoms with E-state index >= 15 is 0 Å². The van der Waals surface area contributed by atoms with E-state index in [9.17, 15) is 8.42 Å². The monoisotopic (exact) mass is 305 g/mol. The van der Waals surface area contributed by atoms with Crippen molar-refractivity contribution in [2.45, 2.75) is 17.9 Å². The number of rotatable bonds is 5. The average molecular weight is 305 g/mol. The van der Waals surface area contributed by atoms with E-state index in [1.165, 1.54) is 18.4 Å². The third-order valence-electron chi connectivity index (χ3n) is 3.13. The average Bonchev–Trinajstić information content (AvgIpc) is 2.48. The van der Waals surface area contributed by atoms with Gasteiger partial charge in [0, 0.05) is 26.0 Å². The van der Waals surface area contributed by atoms with Gasteiger partial charge in [-0.25, -0.2) is 12.7 Å². The molecule has 0 amide bonds. The normalized spacial score (nSPS) is 13.1. The molecular formula is C15H19N3O2S. The number of pyridine rings is 1. The van der Waals surface area contributed by atoms with Gasteiger partial charge in [-0.2, -0.15) is 0 Å². The van der Waals surface area contributed by atoms with Crippen LogP contribution in [-0.4, -0.2) is 31.8 Å². The molecule has 1 unspecified atom stereocenters. The first kappa shape index (κ1) is 15.5. The molecule has 112 valence electrons. The molecule has 0 radical (unpaired) electrons. The third kappa shape index (κ3) is 3.59. The van der Waals surface area contributed by atoms with E-state index in [0.29, 0.717) is 0 Å². The SMILES string of the molecule is CC(Nc1cccc(S(=O)(=O)N(C)C)c1)c1ccccn1. The van der Waals surface area contributed by atoms with E-state index in [1.54, 1.807) is 24.4 Å². The van der Waals surface area contributed by atoms with Gasteiger partial charge in [0.15, 0.2) is 0 Å². The van der Waals surface area contributed by atoms with Crippen LogP contribution in [0.2, 0.25) is 0 Å². The molecule has 21 heavy (non-hydrogen) atoms.